The van der Waals surface area contributed by atoms with Crippen molar-refractivity contribution in [3.63, 3.8) is 0 Å². The molecule has 1 aromatic rings. The molecule has 0 aromatic heterocycles. The quantitative estimate of drug-likeness (QED) is 0.751. The van der Waals surface area contributed by atoms with Gasteiger partial charge in [0.25, 0.3) is 0 Å². The molecule has 0 atom stereocenters. The van der Waals surface area contributed by atoms with E-state index >= 15 is 0 Å². The Morgan fingerprint density at radius 2 is 2.00 bits per heavy atom. The van der Waals surface area contributed by atoms with Gasteiger partial charge in [0, 0.05) is 5.56 Å². The van der Waals surface area contributed by atoms with E-state index in [1.807, 2.05) is 0 Å². The maximum Gasteiger partial charge on any atom is 0.125 e. The highest BCUT2D eigenvalue weighted by Gasteiger charge is 2.26. The Hall–Kier alpha value is -1.79. The Bertz CT molecular complexity index is 502. The molecule has 18 heavy (non-hydrogen) atoms. The summed E-state index contributed by atoms with van der Waals surface area (Å²) in [6.07, 6.45) is 4.51. The summed E-state index contributed by atoms with van der Waals surface area (Å²) in [5.41, 5.74) is -0.205. The van der Waals surface area contributed by atoms with Crippen molar-refractivity contribution in [3.8, 4) is 11.8 Å². The van der Waals surface area contributed by atoms with Crippen molar-refractivity contribution in [2.45, 2.75) is 37.7 Å². The molecule has 1 aliphatic rings. The third-order valence-corrected chi connectivity index (χ3v) is 3.22. The monoisotopic (exact) mass is 243 g/mol. The molecule has 0 amide bonds. The summed E-state index contributed by atoms with van der Waals surface area (Å²) in [5, 5.41) is 20.9. The fourth-order valence-corrected chi connectivity index (χ4v) is 2.17. The first-order valence-corrected chi connectivity index (χ1v) is 6.16. The van der Waals surface area contributed by atoms with E-state index in [0.29, 0.717) is 18.4 Å². The number of carboxylic acids is 1. The van der Waals surface area contributed by atoms with Crippen LogP contribution in [-0.2, 0) is 0 Å². The van der Waals surface area contributed by atoms with E-state index in [2.05, 4.69) is 11.8 Å². The SMILES string of the molecule is O=C([O-])c1cccc(C#CC2(O)CCCCC2)c1. The number of aliphatic hydroxyl groups is 1. The molecule has 0 saturated heterocycles. The highest BCUT2D eigenvalue weighted by molar-refractivity contribution is 5.86. The zero-order valence-electron chi connectivity index (χ0n) is 10.1. The Morgan fingerprint density at radius 3 is 2.67 bits per heavy atom. The van der Waals surface area contributed by atoms with Gasteiger partial charge in [0.15, 0.2) is 0 Å². The van der Waals surface area contributed by atoms with Gasteiger partial charge >= 0.3 is 0 Å². The molecule has 0 heterocycles. The van der Waals surface area contributed by atoms with Crippen molar-refractivity contribution < 1.29 is 15.0 Å². The van der Waals surface area contributed by atoms with Gasteiger partial charge in [0.2, 0.25) is 0 Å². The van der Waals surface area contributed by atoms with E-state index in [1.54, 1.807) is 12.1 Å². The van der Waals surface area contributed by atoms with Crippen LogP contribution in [-0.4, -0.2) is 16.7 Å². The molecular weight excluding hydrogens is 228 g/mol. The molecule has 1 aromatic carbocycles. The van der Waals surface area contributed by atoms with E-state index in [-0.39, 0.29) is 5.56 Å². The maximum atomic E-state index is 10.7. The van der Waals surface area contributed by atoms with Crippen molar-refractivity contribution in [2.75, 3.05) is 0 Å². The normalized spacial score (nSPS) is 17.6. The van der Waals surface area contributed by atoms with Gasteiger partial charge in [-0.25, -0.2) is 0 Å². The standard InChI is InChI=1S/C15H16O3/c16-14(17)13-6-4-5-12(11-13)7-10-15(18)8-2-1-3-9-15/h4-6,11,18H,1-3,8-9H2,(H,16,17)/p-1. The molecule has 1 saturated carbocycles. The maximum absolute atomic E-state index is 10.7. The fourth-order valence-electron chi connectivity index (χ4n) is 2.17. The lowest BCUT2D eigenvalue weighted by atomic mass is 9.85. The Balaban J connectivity index is 2.18. The summed E-state index contributed by atoms with van der Waals surface area (Å²) >= 11 is 0. The zero-order valence-corrected chi connectivity index (χ0v) is 10.1. The lowest BCUT2D eigenvalue weighted by Crippen LogP contribution is -2.29. The number of rotatable bonds is 1. The highest BCUT2D eigenvalue weighted by Crippen LogP contribution is 2.27. The van der Waals surface area contributed by atoms with Crippen LogP contribution in [0.1, 0.15) is 48.0 Å². The van der Waals surface area contributed by atoms with Gasteiger partial charge in [0.05, 0.1) is 5.97 Å². The van der Waals surface area contributed by atoms with Crippen molar-refractivity contribution in [2.24, 2.45) is 0 Å². The van der Waals surface area contributed by atoms with E-state index in [1.165, 1.54) is 12.1 Å². The summed E-state index contributed by atoms with van der Waals surface area (Å²) in [6, 6.07) is 6.29. The number of benzene rings is 1. The summed E-state index contributed by atoms with van der Waals surface area (Å²) < 4.78 is 0. The van der Waals surface area contributed by atoms with Crippen LogP contribution in [0, 0.1) is 11.8 Å². The fraction of sp³-hybridized carbons (Fsp3) is 0.400. The lowest BCUT2D eigenvalue weighted by molar-refractivity contribution is -0.255. The van der Waals surface area contributed by atoms with Crippen molar-refractivity contribution >= 4 is 5.97 Å². The summed E-state index contributed by atoms with van der Waals surface area (Å²) in [6.45, 7) is 0. The third kappa shape index (κ3) is 3.12. The smallest absolute Gasteiger partial charge is 0.125 e. The van der Waals surface area contributed by atoms with Gasteiger partial charge in [-0.05, 0) is 43.4 Å². The second-order valence-corrected chi connectivity index (χ2v) is 4.71. The minimum Gasteiger partial charge on any atom is -0.545 e. The molecule has 0 radical (unpaired) electrons. The second-order valence-electron chi connectivity index (χ2n) is 4.71. The largest absolute Gasteiger partial charge is 0.545 e. The van der Waals surface area contributed by atoms with Crippen LogP contribution < -0.4 is 5.11 Å². The molecule has 0 bridgehead atoms. The molecular formula is C15H15O3-. The minimum absolute atomic E-state index is 0.109. The molecule has 0 aliphatic heterocycles. The lowest BCUT2D eigenvalue weighted by Gasteiger charge is -2.26. The van der Waals surface area contributed by atoms with Crippen LogP contribution >= 0.6 is 0 Å². The highest BCUT2D eigenvalue weighted by atomic mass is 16.4. The minimum atomic E-state index is -1.21. The van der Waals surface area contributed by atoms with Gasteiger partial charge in [-0.2, -0.15) is 0 Å². The summed E-state index contributed by atoms with van der Waals surface area (Å²) in [4.78, 5) is 10.7. The summed E-state index contributed by atoms with van der Waals surface area (Å²) in [5.74, 6) is 4.52. The number of hydrogen-bond donors (Lipinski definition) is 1. The van der Waals surface area contributed by atoms with E-state index in [4.69, 9.17) is 0 Å². The molecule has 2 rings (SSSR count). The number of aromatic carboxylic acids is 1. The second kappa shape index (κ2) is 5.24. The van der Waals surface area contributed by atoms with E-state index < -0.39 is 11.6 Å². The topological polar surface area (TPSA) is 60.4 Å². The van der Waals surface area contributed by atoms with Crippen molar-refractivity contribution in [1.29, 1.82) is 0 Å². The first kappa shape index (κ1) is 12.7. The molecule has 1 aliphatic carbocycles. The van der Waals surface area contributed by atoms with Crippen molar-refractivity contribution in [3.05, 3.63) is 35.4 Å². The van der Waals surface area contributed by atoms with Crippen LogP contribution in [0.4, 0.5) is 0 Å². The van der Waals surface area contributed by atoms with E-state index in [9.17, 15) is 15.0 Å². The number of carbonyl (C=O) groups excluding carboxylic acids is 1. The van der Waals surface area contributed by atoms with Gasteiger partial charge < -0.3 is 15.0 Å². The number of carbonyl (C=O) groups is 1. The van der Waals surface area contributed by atoms with Gasteiger partial charge in [-0.15, -0.1) is 0 Å². The average molecular weight is 243 g/mol. The molecule has 94 valence electrons. The third-order valence-electron chi connectivity index (χ3n) is 3.22. The predicted molar refractivity (Wildman–Crippen MR) is 65.7 cm³/mol. The molecule has 1 fully saturated rings. The van der Waals surface area contributed by atoms with Gasteiger partial charge in [0.1, 0.15) is 5.60 Å². The van der Waals surface area contributed by atoms with Crippen LogP contribution in [0.15, 0.2) is 24.3 Å². The number of carboxylic acid groups (broad SMARTS) is 1. The Kier molecular flexibility index (Phi) is 3.69. The molecule has 3 nitrogen and oxygen atoms in total. The predicted octanol–water partition coefficient (Wildman–Crippen LogP) is 1.10. The molecule has 1 N–H and O–H groups in total. The van der Waals surface area contributed by atoms with Crippen LogP contribution in [0.25, 0.3) is 0 Å². The Morgan fingerprint density at radius 1 is 1.28 bits per heavy atom. The van der Waals surface area contributed by atoms with Gasteiger partial charge in [-0.1, -0.05) is 30.4 Å². The van der Waals surface area contributed by atoms with Crippen LogP contribution in [0.2, 0.25) is 0 Å². The average Bonchev–Trinajstić information content (AvgIpc) is 2.38. The Labute approximate surface area is 106 Å². The van der Waals surface area contributed by atoms with Crippen LogP contribution in [0.5, 0.6) is 0 Å². The first-order chi connectivity index (χ1) is 8.59. The van der Waals surface area contributed by atoms with Crippen molar-refractivity contribution in [1.82, 2.24) is 0 Å². The molecule has 0 unspecified atom stereocenters. The van der Waals surface area contributed by atoms with E-state index in [0.717, 1.165) is 19.3 Å². The summed E-state index contributed by atoms with van der Waals surface area (Å²) in [7, 11) is 0. The number of hydrogen-bond acceptors (Lipinski definition) is 3. The molecule has 3 heteroatoms. The zero-order chi connectivity index (χ0) is 13.0. The molecule has 0 spiro atoms. The first-order valence-electron chi connectivity index (χ1n) is 6.16. The van der Waals surface area contributed by atoms with Gasteiger partial charge in [-0.3, -0.25) is 0 Å². The van der Waals surface area contributed by atoms with Crippen LogP contribution in [0.3, 0.4) is 0 Å².